The van der Waals surface area contributed by atoms with Crippen LogP contribution in [0.15, 0.2) is 10.8 Å². The minimum absolute atomic E-state index is 0.0678. The molecule has 13 heteroatoms. The summed E-state index contributed by atoms with van der Waals surface area (Å²) in [6, 6.07) is 0.0678. The molecule has 0 fully saturated rings. The van der Waals surface area contributed by atoms with Crippen molar-refractivity contribution in [1.82, 2.24) is 24.1 Å². The quantitative estimate of drug-likeness (QED) is 0.493. The summed E-state index contributed by atoms with van der Waals surface area (Å²) in [6.45, 7) is 8.10. The van der Waals surface area contributed by atoms with Crippen molar-refractivity contribution in [2.45, 2.75) is 39.4 Å². The van der Waals surface area contributed by atoms with Crippen molar-refractivity contribution in [3.05, 3.63) is 10.8 Å². The van der Waals surface area contributed by atoms with Crippen molar-refractivity contribution < 1.29 is 27.4 Å². The molecular weight excluding hydrogens is 482 g/mol. The smallest absolute Gasteiger partial charge is 0.410 e. The average Bonchev–Trinajstić information content (AvgIpc) is 2.94. The first-order valence-electron chi connectivity index (χ1n) is 9.08. The van der Waals surface area contributed by atoms with Crippen LogP contribution in [0.3, 0.4) is 0 Å². The average molecular weight is 508 g/mol. The Kier molecular flexibility index (Phi) is 7.64. The van der Waals surface area contributed by atoms with Gasteiger partial charge in [0.1, 0.15) is 22.7 Å². The molecule has 0 aromatic carbocycles. The summed E-state index contributed by atoms with van der Waals surface area (Å²) in [5.74, 6) is 0. The summed E-state index contributed by atoms with van der Waals surface area (Å²) in [5, 5.41) is 3.91. The van der Waals surface area contributed by atoms with Crippen LogP contribution in [0.2, 0.25) is 0 Å². The minimum Gasteiger partial charge on any atom is -0.458 e. The van der Waals surface area contributed by atoms with Gasteiger partial charge in [-0.2, -0.15) is 9.07 Å². The van der Waals surface area contributed by atoms with Crippen LogP contribution in [0, 0.1) is 0 Å². The molecule has 0 aliphatic rings. The Morgan fingerprint density at radius 1 is 1.37 bits per heavy atom. The van der Waals surface area contributed by atoms with Gasteiger partial charge in [0.05, 0.1) is 25.7 Å². The largest absolute Gasteiger partial charge is 0.458 e. The molecule has 11 nitrogen and oxygen atoms in total. The Morgan fingerprint density at radius 3 is 2.63 bits per heavy atom. The lowest BCUT2D eigenvalue weighted by Crippen LogP contribution is -2.36. The predicted octanol–water partition coefficient (Wildman–Crippen LogP) is 2.05. The Bertz CT molecular complexity index is 1000. The van der Waals surface area contributed by atoms with E-state index in [2.05, 4.69) is 31.0 Å². The molecular formula is C17H26BrN5O6S. The van der Waals surface area contributed by atoms with Crippen LogP contribution in [0.1, 0.15) is 27.7 Å². The molecule has 1 atom stereocenters. The highest BCUT2D eigenvalue weighted by Gasteiger charge is 2.20. The van der Waals surface area contributed by atoms with Gasteiger partial charge in [0.15, 0.2) is 4.60 Å². The van der Waals surface area contributed by atoms with Gasteiger partial charge in [-0.15, -0.1) is 5.10 Å². The van der Waals surface area contributed by atoms with Gasteiger partial charge >= 0.3 is 12.1 Å². The zero-order chi connectivity index (χ0) is 22.7. The first-order valence-corrected chi connectivity index (χ1v) is 11.7. The summed E-state index contributed by atoms with van der Waals surface area (Å²) in [6.07, 6.45) is 1.57. The maximum Gasteiger partial charge on any atom is 0.410 e. The molecule has 1 amide bonds. The first kappa shape index (κ1) is 24.3. The van der Waals surface area contributed by atoms with Gasteiger partial charge in [0.2, 0.25) is 0 Å². The zero-order valence-electron chi connectivity index (χ0n) is 17.7. The third-order valence-electron chi connectivity index (χ3n) is 3.58. The molecule has 0 bridgehead atoms. The monoisotopic (exact) mass is 507 g/mol. The van der Waals surface area contributed by atoms with E-state index in [0.29, 0.717) is 18.7 Å². The number of nitrogens with zero attached hydrogens (tertiary/aromatic N) is 5. The van der Waals surface area contributed by atoms with E-state index >= 15 is 0 Å². The van der Waals surface area contributed by atoms with Crippen molar-refractivity contribution >= 4 is 43.1 Å². The van der Waals surface area contributed by atoms with E-state index in [9.17, 15) is 13.2 Å². The Balaban J connectivity index is 1.87. The maximum atomic E-state index is 11.9. The lowest BCUT2D eigenvalue weighted by Gasteiger charge is -2.24. The van der Waals surface area contributed by atoms with Crippen LogP contribution in [-0.4, -0.2) is 83.3 Å². The molecule has 0 unspecified atom stereocenters. The van der Waals surface area contributed by atoms with Gasteiger partial charge < -0.3 is 19.1 Å². The fourth-order valence-corrected chi connectivity index (χ4v) is 3.51. The molecule has 0 spiro atoms. The summed E-state index contributed by atoms with van der Waals surface area (Å²) in [5.41, 5.74) is 0.00553. The van der Waals surface area contributed by atoms with Crippen LogP contribution in [0.25, 0.3) is 11.0 Å². The second-order valence-electron chi connectivity index (χ2n) is 7.69. The molecule has 0 aliphatic heterocycles. The second kappa shape index (κ2) is 9.43. The molecule has 2 aromatic rings. The number of carbonyl (C=O) groups excluding carboxylic acids is 1. The normalized spacial score (nSPS) is 13.3. The predicted molar refractivity (Wildman–Crippen MR) is 113 cm³/mol. The molecule has 0 N–H and O–H groups in total. The van der Waals surface area contributed by atoms with Gasteiger partial charge in [-0.3, -0.25) is 0 Å². The Morgan fingerprint density at radius 2 is 2.03 bits per heavy atom. The van der Waals surface area contributed by atoms with Gasteiger partial charge in [0, 0.05) is 13.6 Å². The van der Waals surface area contributed by atoms with Crippen LogP contribution in [0.5, 0.6) is 6.01 Å². The molecule has 0 saturated heterocycles. The number of likely N-dealkylation sites (N-methyl/N-ethyl adjacent to an activating group) is 1. The van der Waals surface area contributed by atoms with Crippen LogP contribution >= 0.6 is 15.9 Å². The SMILES string of the molecule is C[C@H](COCCN(C)C(=O)OC(C)(C)C)Oc1ncc2c(n1)c(Br)nn2S(C)(=O)=O. The first-order chi connectivity index (χ1) is 13.8. The number of halogens is 1. The molecule has 2 rings (SSSR count). The highest BCUT2D eigenvalue weighted by atomic mass is 79.9. The standard InChI is InChI=1S/C17H26BrN5O6S/c1-11(10-27-8-7-22(5)16(24)29-17(2,3)4)28-15-19-9-12-13(20-15)14(18)21-23(12)30(6,25)26/h9,11H,7-8,10H2,1-6H3/t11-/m1/s1. The molecule has 2 aromatic heterocycles. The van der Waals surface area contributed by atoms with E-state index in [-0.39, 0.29) is 28.8 Å². The number of hydrogen-bond acceptors (Lipinski definition) is 9. The second-order valence-corrected chi connectivity index (χ2v) is 10.3. The summed E-state index contributed by atoms with van der Waals surface area (Å²) >= 11 is 3.20. The number of amides is 1. The van der Waals surface area contributed by atoms with E-state index in [1.807, 2.05) is 0 Å². The van der Waals surface area contributed by atoms with Crippen LogP contribution in [-0.2, 0) is 19.5 Å². The third kappa shape index (κ3) is 6.77. The van der Waals surface area contributed by atoms with Crippen molar-refractivity contribution in [3.8, 4) is 6.01 Å². The zero-order valence-corrected chi connectivity index (χ0v) is 20.2. The van der Waals surface area contributed by atoms with Crippen molar-refractivity contribution in [2.75, 3.05) is 33.1 Å². The molecule has 168 valence electrons. The summed E-state index contributed by atoms with van der Waals surface area (Å²) < 4.78 is 41.1. The number of ether oxygens (including phenoxy) is 3. The number of fused-ring (bicyclic) bond motifs is 1. The van der Waals surface area contributed by atoms with Crippen molar-refractivity contribution in [3.63, 3.8) is 0 Å². The van der Waals surface area contributed by atoms with Crippen molar-refractivity contribution in [1.29, 1.82) is 0 Å². The van der Waals surface area contributed by atoms with E-state index in [1.54, 1.807) is 34.7 Å². The maximum absolute atomic E-state index is 11.9. The molecule has 0 radical (unpaired) electrons. The Hall–Kier alpha value is -1.99. The van der Waals surface area contributed by atoms with E-state index in [1.165, 1.54) is 11.1 Å². The van der Waals surface area contributed by atoms with Crippen LogP contribution in [0.4, 0.5) is 4.79 Å². The van der Waals surface area contributed by atoms with Crippen LogP contribution < -0.4 is 4.74 Å². The molecule has 30 heavy (non-hydrogen) atoms. The molecule has 2 heterocycles. The third-order valence-corrected chi connectivity index (χ3v) is 5.02. The number of aromatic nitrogens is 4. The highest BCUT2D eigenvalue weighted by molar-refractivity contribution is 9.10. The van der Waals surface area contributed by atoms with Gasteiger partial charge in [0.25, 0.3) is 10.0 Å². The lowest BCUT2D eigenvalue weighted by molar-refractivity contribution is 0.0160. The topological polar surface area (TPSA) is 126 Å². The minimum atomic E-state index is -3.59. The van der Waals surface area contributed by atoms with Crippen molar-refractivity contribution in [2.24, 2.45) is 0 Å². The summed E-state index contributed by atoms with van der Waals surface area (Å²) in [7, 11) is -1.95. The molecule has 0 aliphatic carbocycles. The van der Waals surface area contributed by atoms with E-state index in [0.717, 1.165) is 10.3 Å². The van der Waals surface area contributed by atoms with E-state index < -0.39 is 21.7 Å². The number of hydrogen-bond donors (Lipinski definition) is 0. The van der Waals surface area contributed by atoms with E-state index in [4.69, 9.17) is 14.2 Å². The van der Waals surface area contributed by atoms with Gasteiger partial charge in [-0.05, 0) is 43.6 Å². The fraction of sp³-hybridized carbons (Fsp3) is 0.647. The molecule has 0 saturated carbocycles. The lowest BCUT2D eigenvalue weighted by atomic mass is 10.2. The van der Waals surface area contributed by atoms with Gasteiger partial charge in [-0.25, -0.2) is 18.2 Å². The number of carbonyl (C=O) groups is 1. The summed E-state index contributed by atoms with van der Waals surface area (Å²) in [4.78, 5) is 21.6. The number of rotatable bonds is 8. The highest BCUT2D eigenvalue weighted by Crippen LogP contribution is 2.23. The fourth-order valence-electron chi connectivity index (χ4n) is 2.24. The Labute approximate surface area is 183 Å². The van der Waals surface area contributed by atoms with Gasteiger partial charge in [-0.1, -0.05) is 0 Å².